The molecule has 4 heteroatoms. The van der Waals surface area contributed by atoms with Gasteiger partial charge in [-0.25, -0.2) is 4.79 Å². The molecule has 0 radical (unpaired) electrons. The second-order valence-corrected chi connectivity index (χ2v) is 3.98. The lowest BCUT2D eigenvalue weighted by Crippen LogP contribution is -2.42. The molecule has 1 aromatic rings. The maximum atomic E-state index is 11.8. The largest absolute Gasteiger partial charge is 0.476 e. The number of carbonyl (C=O) groups is 1. The highest BCUT2D eigenvalue weighted by Gasteiger charge is 2.35. The molecule has 0 bridgehead atoms. The number of anilines is 1. The average Bonchev–Trinajstić information content (AvgIpc) is 2.32. The minimum atomic E-state index is -0.952. The number of benzene rings is 1. The molecule has 0 heterocycles. The van der Waals surface area contributed by atoms with Gasteiger partial charge >= 0.3 is 5.97 Å². The minimum Gasteiger partial charge on any atom is -0.476 e. The molecule has 17 heavy (non-hydrogen) atoms. The quantitative estimate of drug-likeness (QED) is 0.631. The molecule has 0 amide bonds. The van der Waals surface area contributed by atoms with Crippen LogP contribution >= 0.6 is 0 Å². The Balaban J connectivity index is 2.81. The highest BCUT2D eigenvalue weighted by atomic mass is 16.6. The molecule has 1 unspecified atom stereocenters. The summed E-state index contributed by atoms with van der Waals surface area (Å²) in [6.45, 7) is 5.73. The van der Waals surface area contributed by atoms with Gasteiger partial charge in [0.05, 0.1) is 6.61 Å². The van der Waals surface area contributed by atoms with Crippen LogP contribution < -0.4 is 10.5 Å². The van der Waals surface area contributed by atoms with Gasteiger partial charge in [-0.1, -0.05) is 6.92 Å². The molecule has 0 aliphatic rings. The zero-order chi connectivity index (χ0) is 12.9. The average molecular weight is 237 g/mol. The standard InChI is InChI=1S/C13H19NO3/c1-4-13(3,12(15)16-5-2)17-11-8-6-10(14)7-9-11/h6-9H,4-5,14H2,1-3H3. The fourth-order valence-corrected chi connectivity index (χ4v) is 1.34. The smallest absolute Gasteiger partial charge is 0.350 e. The van der Waals surface area contributed by atoms with E-state index in [1.54, 1.807) is 38.1 Å². The number of nitrogens with two attached hydrogens (primary N) is 1. The Labute approximate surface area is 102 Å². The van der Waals surface area contributed by atoms with Crippen LogP contribution in [0.1, 0.15) is 27.2 Å². The summed E-state index contributed by atoms with van der Waals surface area (Å²) in [6.07, 6.45) is 0.538. The molecule has 0 aromatic heterocycles. The molecule has 1 rings (SSSR count). The Morgan fingerprint density at radius 3 is 2.35 bits per heavy atom. The molecule has 0 aliphatic carbocycles. The van der Waals surface area contributed by atoms with Crippen LogP contribution in [0.4, 0.5) is 5.69 Å². The van der Waals surface area contributed by atoms with Crippen LogP contribution in [0.15, 0.2) is 24.3 Å². The van der Waals surface area contributed by atoms with Crippen LogP contribution in [0.5, 0.6) is 5.75 Å². The maximum absolute atomic E-state index is 11.8. The first kappa shape index (κ1) is 13.4. The third-order valence-corrected chi connectivity index (χ3v) is 2.61. The van der Waals surface area contributed by atoms with Gasteiger partial charge in [-0.15, -0.1) is 0 Å². The first-order valence-corrected chi connectivity index (χ1v) is 5.73. The second kappa shape index (κ2) is 5.57. The van der Waals surface area contributed by atoms with Gasteiger partial charge in [0.1, 0.15) is 5.75 Å². The van der Waals surface area contributed by atoms with E-state index in [1.165, 1.54) is 0 Å². The van der Waals surface area contributed by atoms with Crippen LogP contribution in [0.25, 0.3) is 0 Å². The van der Waals surface area contributed by atoms with Crippen molar-refractivity contribution in [3.63, 3.8) is 0 Å². The van der Waals surface area contributed by atoms with Gasteiger partial charge < -0.3 is 15.2 Å². The maximum Gasteiger partial charge on any atom is 0.350 e. The fourth-order valence-electron chi connectivity index (χ4n) is 1.34. The lowest BCUT2D eigenvalue weighted by atomic mass is 10.0. The van der Waals surface area contributed by atoms with Crippen molar-refractivity contribution in [1.29, 1.82) is 0 Å². The molecule has 2 N–H and O–H groups in total. The number of carbonyl (C=O) groups excluding carboxylic acids is 1. The summed E-state index contributed by atoms with van der Waals surface area (Å²) in [4.78, 5) is 11.8. The number of esters is 1. The monoisotopic (exact) mass is 237 g/mol. The molecule has 1 atom stereocenters. The normalized spacial score (nSPS) is 13.8. The molecular weight excluding hydrogens is 218 g/mol. The van der Waals surface area contributed by atoms with Crippen LogP contribution in [0, 0.1) is 0 Å². The van der Waals surface area contributed by atoms with Crippen molar-refractivity contribution in [3.8, 4) is 5.75 Å². The van der Waals surface area contributed by atoms with Crippen molar-refractivity contribution in [2.45, 2.75) is 32.8 Å². The first-order valence-electron chi connectivity index (χ1n) is 5.73. The summed E-state index contributed by atoms with van der Waals surface area (Å²) < 4.78 is 10.7. The predicted octanol–water partition coefficient (Wildman–Crippen LogP) is 2.38. The lowest BCUT2D eigenvalue weighted by molar-refractivity contribution is -0.160. The van der Waals surface area contributed by atoms with E-state index in [2.05, 4.69) is 0 Å². The lowest BCUT2D eigenvalue weighted by Gasteiger charge is -2.27. The van der Waals surface area contributed by atoms with Crippen molar-refractivity contribution in [2.75, 3.05) is 12.3 Å². The third-order valence-electron chi connectivity index (χ3n) is 2.61. The molecule has 0 saturated carbocycles. The van der Waals surface area contributed by atoms with Crippen LogP contribution in [0.3, 0.4) is 0 Å². The van der Waals surface area contributed by atoms with E-state index in [9.17, 15) is 4.79 Å². The van der Waals surface area contributed by atoms with E-state index in [1.807, 2.05) is 6.92 Å². The van der Waals surface area contributed by atoms with E-state index in [4.69, 9.17) is 15.2 Å². The Morgan fingerprint density at radius 2 is 1.88 bits per heavy atom. The number of hydrogen-bond donors (Lipinski definition) is 1. The van der Waals surface area contributed by atoms with E-state index in [0.29, 0.717) is 24.5 Å². The van der Waals surface area contributed by atoms with E-state index in [-0.39, 0.29) is 5.97 Å². The molecule has 0 spiro atoms. The van der Waals surface area contributed by atoms with Crippen molar-refractivity contribution in [2.24, 2.45) is 0 Å². The van der Waals surface area contributed by atoms with Crippen molar-refractivity contribution in [3.05, 3.63) is 24.3 Å². The van der Waals surface area contributed by atoms with E-state index >= 15 is 0 Å². The van der Waals surface area contributed by atoms with E-state index in [0.717, 1.165) is 0 Å². The summed E-state index contributed by atoms with van der Waals surface area (Å²) in [5.74, 6) is 0.260. The van der Waals surface area contributed by atoms with Crippen molar-refractivity contribution >= 4 is 11.7 Å². The van der Waals surface area contributed by atoms with Crippen LogP contribution in [-0.2, 0) is 9.53 Å². The zero-order valence-electron chi connectivity index (χ0n) is 10.5. The SMILES string of the molecule is CCOC(=O)C(C)(CC)Oc1ccc(N)cc1. The van der Waals surface area contributed by atoms with Crippen LogP contribution in [-0.4, -0.2) is 18.2 Å². The Bertz CT molecular complexity index is 375. The minimum absolute atomic E-state index is 0.347. The molecule has 94 valence electrons. The van der Waals surface area contributed by atoms with Gasteiger partial charge in [0.2, 0.25) is 5.60 Å². The molecule has 0 saturated heterocycles. The van der Waals surface area contributed by atoms with Gasteiger partial charge in [-0.2, -0.15) is 0 Å². The number of ether oxygens (including phenoxy) is 2. The topological polar surface area (TPSA) is 61.5 Å². The van der Waals surface area contributed by atoms with Gasteiger partial charge in [-0.05, 0) is 44.5 Å². The molecular formula is C13H19NO3. The Morgan fingerprint density at radius 1 is 1.29 bits per heavy atom. The second-order valence-electron chi connectivity index (χ2n) is 3.98. The highest BCUT2D eigenvalue weighted by molar-refractivity contribution is 5.79. The number of hydrogen-bond acceptors (Lipinski definition) is 4. The third kappa shape index (κ3) is 3.37. The molecule has 0 aliphatic heterocycles. The fraction of sp³-hybridized carbons (Fsp3) is 0.462. The van der Waals surface area contributed by atoms with Gasteiger partial charge in [0, 0.05) is 5.69 Å². The summed E-state index contributed by atoms with van der Waals surface area (Å²) in [5.41, 5.74) is 5.29. The van der Waals surface area contributed by atoms with Crippen molar-refractivity contribution in [1.82, 2.24) is 0 Å². The molecule has 1 aromatic carbocycles. The highest BCUT2D eigenvalue weighted by Crippen LogP contribution is 2.23. The van der Waals surface area contributed by atoms with Crippen molar-refractivity contribution < 1.29 is 14.3 Å². The van der Waals surface area contributed by atoms with Gasteiger partial charge in [0.25, 0.3) is 0 Å². The molecule has 0 fully saturated rings. The van der Waals surface area contributed by atoms with Gasteiger partial charge in [-0.3, -0.25) is 0 Å². The Kier molecular flexibility index (Phi) is 4.37. The zero-order valence-corrected chi connectivity index (χ0v) is 10.5. The summed E-state index contributed by atoms with van der Waals surface area (Å²) in [7, 11) is 0. The summed E-state index contributed by atoms with van der Waals surface area (Å²) >= 11 is 0. The number of nitrogen functional groups attached to an aromatic ring is 1. The Hall–Kier alpha value is -1.71. The summed E-state index contributed by atoms with van der Waals surface area (Å²) in [6, 6.07) is 6.94. The number of rotatable bonds is 5. The first-order chi connectivity index (χ1) is 8.01. The predicted molar refractivity (Wildman–Crippen MR) is 66.8 cm³/mol. The summed E-state index contributed by atoms with van der Waals surface area (Å²) in [5, 5.41) is 0. The van der Waals surface area contributed by atoms with Crippen LogP contribution in [0.2, 0.25) is 0 Å². The molecule has 4 nitrogen and oxygen atoms in total. The van der Waals surface area contributed by atoms with E-state index < -0.39 is 5.60 Å². The van der Waals surface area contributed by atoms with Gasteiger partial charge in [0.15, 0.2) is 0 Å².